The van der Waals surface area contributed by atoms with Gasteiger partial charge >= 0.3 is 0 Å². The van der Waals surface area contributed by atoms with Crippen molar-refractivity contribution in [2.45, 2.75) is 12.8 Å². The lowest BCUT2D eigenvalue weighted by Crippen LogP contribution is -2.46. The zero-order chi connectivity index (χ0) is 16.2. The highest BCUT2D eigenvalue weighted by Gasteiger charge is 2.38. The normalized spacial score (nSPS) is 16.8. The van der Waals surface area contributed by atoms with Crippen LogP contribution in [0.4, 0.5) is 5.69 Å². The molecule has 0 aromatic carbocycles. The lowest BCUT2D eigenvalue weighted by Gasteiger charge is -2.34. The highest BCUT2D eigenvalue weighted by atomic mass is 16.5. The minimum atomic E-state index is -0.681. The standard InChI is InChI=1S/C14H20N4O4/c1-21-12-10(11(16)19)6-9(7-17-12)18-13(20)14(8-15)2-4-22-5-3-14/h6-7H,2-5,8,15H2,1H3,(H2,16,19)(H,18,20). The Morgan fingerprint density at radius 2 is 2.14 bits per heavy atom. The number of pyridine rings is 1. The van der Waals surface area contributed by atoms with Crippen molar-refractivity contribution < 1.29 is 19.1 Å². The third-order valence-electron chi connectivity index (χ3n) is 3.89. The van der Waals surface area contributed by atoms with Crippen molar-refractivity contribution in [1.82, 2.24) is 4.98 Å². The molecule has 0 atom stereocenters. The summed E-state index contributed by atoms with van der Waals surface area (Å²) in [6.45, 7) is 1.23. The SMILES string of the molecule is COc1ncc(NC(=O)C2(CN)CCOCC2)cc1C(N)=O. The number of nitrogens with zero attached hydrogens (tertiary/aromatic N) is 1. The lowest BCUT2D eigenvalue weighted by atomic mass is 9.79. The van der Waals surface area contributed by atoms with Gasteiger partial charge in [-0.05, 0) is 18.9 Å². The maximum absolute atomic E-state index is 12.5. The van der Waals surface area contributed by atoms with Crippen LogP contribution in [0, 0.1) is 5.41 Å². The molecule has 1 aliphatic heterocycles. The van der Waals surface area contributed by atoms with Crippen LogP contribution in [0.3, 0.4) is 0 Å². The number of nitrogens with two attached hydrogens (primary N) is 2. The van der Waals surface area contributed by atoms with Crippen molar-refractivity contribution in [2.24, 2.45) is 16.9 Å². The Balaban J connectivity index is 2.20. The van der Waals surface area contributed by atoms with Gasteiger partial charge < -0.3 is 26.3 Å². The minimum Gasteiger partial charge on any atom is -0.480 e. The summed E-state index contributed by atoms with van der Waals surface area (Å²) in [5.74, 6) is -0.772. The van der Waals surface area contributed by atoms with E-state index in [1.54, 1.807) is 0 Å². The summed E-state index contributed by atoms with van der Waals surface area (Å²) in [7, 11) is 1.39. The Labute approximate surface area is 128 Å². The number of aromatic nitrogens is 1. The summed E-state index contributed by atoms with van der Waals surface area (Å²) in [6, 6.07) is 1.44. The van der Waals surface area contributed by atoms with Crippen LogP contribution in [-0.2, 0) is 9.53 Å². The van der Waals surface area contributed by atoms with E-state index in [-0.39, 0.29) is 23.9 Å². The van der Waals surface area contributed by atoms with Gasteiger partial charge in [-0.3, -0.25) is 9.59 Å². The quantitative estimate of drug-likeness (QED) is 0.695. The number of methoxy groups -OCH3 is 1. The molecule has 0 radical (unpaired) electrons. The molecule has 1 aliphatic rings. The number of nitrogens with one attached hydrogen (secondary N) is 1. The van der Waals surface area contributed by atoms with Crippen molar-refractivity contribution in [3.63, 3.8) is 0 Å². The third-order valence-corrected chi connectivity index (χ3v) is 3.89. The Hall–Kier alpha value is -2.19. The number of rotatable bonds is 5. The van der Waals surface area contributed by atoms with Crippen LogP contribution in [0.1, 0.15) is 23.2 Å². The molecular formula is C14H20N4O4. The van der Waals surface area contributed by atoms with Crippen LogP contribution < -0.4 is 21.5 Å². The molecule has 8 nitrogen and oxygen atoms in total. The molecule has 2 rings (SSSR count). The summed E-state index contributed by atoms with van der Waals surface area (Å²) >= 11 is 0. The molecule has 1 aromatic rings. The first-order valence-corrected chi connectivity index (χ1v) is 6.95. The van der Waals surface area contributed by atoms with Crippen LogP contribution in [0.5, 0.6) is 5.88 Å². The molecule has 8 heteroatoms. The maximum Gasteiger partial charge on any atom is 0.254 e. The van der Waals surface area contributed by atoms with Gasteiger partial charge in [-0.15, -0.1) is 0 Å². The summed E-state index contributed by atoms with van der Waals surface area (Å²) in [4.78, 5) is 27.9. The molecule has 1 aromatic heterocycles. The number of carbonyl (C=O) groups is 2. The van der Waals surface area contributed by atoms with Gasteiger partial charge in [0.25, 0.3) is 5.91 Å². The molecule has 22 heavy (non-hydrogen) atoms. The first-order valence-electron chi connectivity index (χ1n) is 6.95. The molecule has 0 bridgehead atoms. The number of ether oxygens (including phenoxy) is 2. The van der Waals surface area contributed by atoms with Gasteiger partial charge in [-0.2, -0.15) is 0 Å². The van der Waals surface area contributed by atoms with E-state index in [1.165, 1.54) is 19.4 Å². The first kappa shape index (κ1) is 16.2. The number of carbonyl (C=O) groups excluding carboxylic acids is 2. The van der Waals surface area contributed by atoms with E-state index in [1.807, 2.05) is 0 Å². The average Bonchev–Trinajstić information content (AvgIpc) is 2.55. The van der Waals surface area contributed by atoms with E-state index in [0.717, 1.165) is 0 Å². The minimum absolute atomic E-state index is 0.106. The average molecular weight is 308 g/mol. The molecule has 2 heterocycles. The van der Waals surface area contributed by atoms with Crippen LogP contribution in [0.15, 0.2) is 12.3 Å². The second kappa shape index (κ2) is 6.71. The van der Waals surface area contributed by atoms with E-state index in [0.29, 0.717) is 31.7 Å². The summed E-state index contributed by atoms with van der Waals surface area (Å²) in [5, 5.41) is 2.75. The lowest BCUT2D eigenvalue weighted by molar-refractivity contribution is -0.130. The summed E-state index contributed by atoms with van der Waals surface area (Å²) in [6.07, 6.45) is 2.52. The van der Waals surface area contributed by atoms with E-state index >= 15 is 0 Å². The van der Waals surface area contributed by atoms with Crippen LogP contribution in [-0.4, -0.2) is 43.7 Å². The van der Waals surface area contributed by atoms with E-state index in [4.69, 9.17) is 20.9 Å². The molecule has 5 N–H and O–H groups in total. The highest BCUT2D eigenvalue weighted by Crippen LogP contribution is 2.31. The van der Waals surface area contributed by atoms with Crippen LogP contribution in [0.25, 0.3) is 0 Å². The number of hydrogen-bond acceptors (Lipinski definition) is 6. The zero-order valence-electron chi connectivity index (χ0n) is 12.4. The van der Waals surface area contributed by atoms with Crippen molar-refractivity contribution in [3.05, 3.63) is 17.8 Å². The van der Waals surface area contributed by atoms with E-state index < -0.39 is 11.3 Å². The third kappa shape index (κ3) is 3.18. The predicted molar refractivity (Wildman–Crippen MR) is 79.5 cm³/mol. The molecular weight excluding hydrogens is 288 g/mol. The monoisotopic (exact) mass is 308 g/mol. The number of primary amides is 1. The fourth-order valence-electron chi connectivity index (χ4n) is 2.41. The predicted octanol–water partition coefficient (Wildman–Crippen LogP) is -0.117. The number of hydrogen-bond donors (Lipinski definition) is 3. The fraction of sp³-hybridized carbons (Fsp3) is 0.500. The fourth-order valence-corrected chi connectivity index (χ4v) is 2.41. The molecule has 0 saturated carbocycles. The van der Waals surface area contributed by atoms with Gasteiger partial charge in [0.05, 0.1) is 24.4 Å². The topological polar surface area (TPSA) is 130 Å². The van der Waals surface area contributed by atoms with Crippen LogP contribution >= 0.6 is 0 Å². The Morgan fingerprint density at radius 3 is 2.68 bits per heavy atom. The van der Waals surface area contributed by atoms with Gasteiger partial charge in [-0.25, -0.2) is 4.98 Å². The Bertz CT molecular complexity index is 570. The highest BCUT2D eigenvalue weighted by molar-refractivity contribution is 5.99. The van der Waals surface area contributed by atoms with Crippen molar-refractivity contribution in [3.8, 4) is 5.88 Å². The first-order chi connectivity index (χ1) is 10.5. The molecule has 0 spiro atoms. The molecule has 2 amide bonds. The van der Waals surface area contributed by atoms with Gasteiger partial charge in [0.1, 0.15) is 5.56 Å². The van der Waals surface area contributed by atoms with Crippen LogP contribution in [0.2, 0.25) is 0 Å². The molecule has 120 valence electrons. The largest absolute Gasteiger partial charge is 0.480 e. The molecule has 1 fully saturated rings. The van der Waals surface area contributed by atoms with Gasteiger partial charge in [0, 0.05) is 19.8 Å². The summed E-state index contributed by atoms with van der Waals surface area (Å²) in [5.41, 5.74) is 10.9. The number of amides is 2. The Kier molecular flexibility index (Phi) is 4.94. The molecule has 0 unspecified atom stereocenters. The zero-order valence-corrected chi connectivity index (χ0v) is 12.4. The van der Waals surface area contributed by atoms with Crippen molar-refractivity contribution >= 4 is 17.5 Å². The molecule has 1 saturated heterocycles. The van der Waals surface area contributed by atoms with Crippen molar-refractivity contribution in [2.75, 3.05) is 32.2 Å². The second-order valence-corrected chi connectivity index (χ2v) is 5.20. The smallest absolute Gasteiger partial charge is 0.254 e. The van der Waals surface area contributed by atoms with E-state index in [2.05, 4.69) is 10.3 Å². The second-order valence-electron chi connectivity index (χ2n) is 5.20. The number of anilines is 1. The molecule has 0 aliphatic carbocycles. The van der Waals surface area contributed by atoms with Gasteiger partial charge in [0.2, 0.25) is 11.8 Å². The van der Waals surface area contributed by atoms with Gasteiger partial charge in [-0.1, -0.05) is 0 Å². The maximum atomic E-state index is 12.5. The Morgan fingerprint density at radius 1 is 1.45 bits per heavy atom. The van der Waals surface area contributed by atoms with Crippen molar-refractivity contribution in [1.29, 1.82) is 0 Å². The van der Waals surface area contributed by atoms with Gasteiger partial charge in [0.15, 0.2) is 0 Å². The van der Waals surface area contributed by atoms with E-state index in [9.17, 15) is 9.59 Å². The summed E-state index contributed by atoms with van der Waals surface area (Å²) < 4.78 is 10.2.